The summed E-state index contributed by atoms with van der Waals surface area (Å²) in [6, 6.07) is 9.57. The van der Waals surface area contributed by atoms with Gasteiger partial charge in [0.25, 0.3) is 0 Å². The third-order valence-electron chi connectivity index (χ3n) is 2.55. The summed E-state index contributed by atoms with van der Waals surface area (Å²) in [6.07, 6.45) is 2.14. The summed E-state index contributed by atoms with van der Waals surface area (Å²) in [6.45, 7) is 2.48. The lowest BCUT2D eigenvalue weighted by molar-refractivity contribution is -0.142. The van der Waals surface area contributed by atoms with Crippen molar-refractivity contribution in [1.82, 2.24) is 0 Å². The summed E-state index contributed by atoms with van der Waals surface area (Å²) in [4.78, 5) is 10.8. The van der Waals surface area contributed by atoms with Crippen molar-refractivity contribution in [3.63, 3.8) is 0 Å². The quantitative estimate of drug-likeness (QED) is 0.721. The summed E-state index contributed by atoms with van der Waals surface area (Å²) in [7, 11) is 0. The predicted molar refractivity (Wildman–Crippen MR) is 62.6 cm³/mol. The smallest absolute Gasteiger partial charge is 0.306 e. The topological polar surface area (TPSA) is 46.5 Å². The fraction of sp³-hybridized carbons (Fsp3) is 0.462. The van der Waals surface area contributed by atoms with Gasteiger partial charge in [0.15, 0.2) is 0 Å². The highest BCUT2D eigenvalue weighted by Gasteiger charge is 2.13. The number of aliphatic carboxylic acids is 1. The van der Waals surface area contributed by atoms with Crippen molar-refractivity contribution in [3.05, 3.63) is 30.3 Å². The van der Waals surface area contributed by atoms with E-state index in [4.69, 9.17) is 9.84 Å². The maximum absolute atomic E-state index is 10.8. The molecule has 88 valence electrons. The highest BCUT2D eigenvalue weighted by Crippen LogP contribution is 2.13. The van der Waals surface area contributed by atoms with E-state index in [9.17, 15) is 4.79 Å². The van der Waals surface area contributed by atoms with Crippen LogP contribution < -0.4 is 4.74 Å². The van der Waals surface area contributed by atoms with Crippen LogP contribution in [0.5, 0.6) is 5.75 Å². The van der Waals surface area contributed by atoms with E-state index in [1.54, 1.807) is 0 Å². The van der Waals surface area contributed by atoms with Crippen molar-refractivity contribution >= 4 is 5.97 Å². The molecule has 1 aromatic rings. The Morgan fingerprint density at radius 1 is 1.38 bits per heavy atom. The molecule has 1 atom stereocenters. The van der Waals surface area contributed by atoms with Gasteiger partial charge >= 0.3 is 5.97 Å². The molecule has 1 unspecified atom stereocenters. The summed E-state index contributed by atoms with van der Waals surface area (Å²) >= 11 is 0. The third kappa shape index (κ3) is 4.34. The van der Waals surface area contributed by atoms with Gasteiger partial charge in [-0.05, 0) is 31.4 Å². The Kier molecular flexibility index (Phi) is 5.40. The van der Waals surface area contributed by atoms with Crippen LogP contribution in [0.3, 0.4) is 0 Å². The van der Waals surface area contributed by atoms with Crippen LogP contribution in [0.2, 0.25) is 0 Å². The molecule has 0 fully saturated rings. The zero-order valence-electron chi connectivity index (χ0n) is 9.56. The van der Waals surface area contributed by atoms with Crippen molar-refractivity contribution in [2.24, 2.45) is 5.92 Å². The van der Waals surface area contributed by atoms with Gasteiger partial charge in [0.05, 0.1) is 12.5 Å². The molecule has 0 radical (unpaired) electrons. The predicted octanol–water partition coefficient (Wildman–Crippen LogP) is 2.96. The Bertz CT molecular complexity index is 308. The van der Waals surface area contributed by atoms with Crippen LogP contribution in [0.15, 0.2) is 30.3 Å². The van der Waals surface area contributed by atoms with E-state index in [-0.39, 0.29) is 5.92 Å². The second-order valence-electron chi connectivity index (χ2n) is 3.75. The number of hydrogen-bond donors (Lipinski definition) is 1. The van der Waals surface area contributed by atoms with Crippen molar-refractivity contribution in [1.29, 1.82) is 0 Å². The summed E-state index contributed by atoms with van der Waals surface area (Å²) < 4.78 is 5.49. The molecule has 0 bridgehead atoms. The molecular formula is C13H18O3. The van der Waals surface area contributed by atoms with E-state index in [0.29, 0.717) is 19.4 Å². The molecule has 0 aliphatic carbocycles. The van der Waals surface area contributed by atoms with Gasteiger partial charge in [-0.3, -0.25) is 4.79 Å². The van der Waals surface area contributed by atoms with Crippen LogP contribution in [-0.2, 0) is 4.79 Å². The van der Waals surface area contributed by atoms with Crippen LogP contribution in [0, 0.1) is 5.92 Å². The monoisotopic (exact) mass is 222 g/mol. The molecule has 1 aromatic carbocycles. The first kappa shape index (κ1) is 12.6. The number of ether oxygens (including phenoxy) is 1. The lowest BCUT2D eigenvalue weighted by Crippen LogP contribution is -2.13. The van der Waals surface area contributed by atoms with E-state index < -0.39 is 5.97 Å². The molecular weight excluding hydrogens is 204 g/mol. The van der Waals surface area contributed by atoms with Gasteiger partial charge in [-0.15, -0.1) is 0 Å². The standard InChI is InChI=1S/C13H18O3/c1-2-11(13(14)15)7-6-10-16-12-8-4-3-5-9-12/h3-5,8-9,11H,2,6-7,10H2,1H3,(H,14,15). The minimum Gasteiger partial charge on any atom is -0.494 e. The second kappa shape index (κ2) is 6.88. The summed E-state index contributed by atoms with van der Waals surface area (Å²) in [5.74, 6) is -0.104. The molecule has 0 aliphatic rings. The summed E-state index contributed by atoms with van der Waals surface area (Å²) in [5, 5.41) is 8.85. The number of carboxylic acids is 1. The Morgan fingerprint density at radius 2 is 2.06 bits per heavy atom. The molecule has 0 spiro atoms. The molecule has 3 nitrogen and oxygen atoms in total. The number of carboxylic acid groups (broad SMARTS) is 1. The molecule has 0 aliphatic heterocycles. The largest absolute Gasteiger partial charge is 0.494 e. The van der Waals surface area contributed by atoms with Crippen molar-refractivity contribution < 1.29 is 14.6 Å². The van der Waals surface area contributed by atoms with E-state index in [0.717, 1.165) is 12.2 Å². The zero-order chi connectivity index (χ0) is 11.8. The number of rotatable bonds is 7. The third-order valence-corrected chi connectivity index (χ3v) is 2.55. The number of hydrogen-bond acceptors (Lipinski definition) is 2. The zero-order valence-corrected chi connectivity index (χ0v) is 9.56. The first-order chi connectivity index (χ1) is 7.74. The van der Waals surface area contributed by atoms with E-state index >= 15 is 0 Å². The fourth-order valence-electron chi connectivity index (χ4n) is 1.54. The molecule has 0 amide bonds. The lowest BCUT2D eigenvalue weighted by Gasteiger charge is -2.10. The Balaban J connectivity index is 2.19. The lowest BCUT2D eigenvalue weighted by atomic mass is 10.0. The van der Waals surface area contributed by atoms with Gasteiger partial charge in [-0.2, -0.15) is 0 Å². The molecule has 0 saturated carbocycles. The summed E-state index contributed by atoms with van der Waals surface area (Å²) in [5.41, 5.74) is 0. The van der Waals surface area contributed by atoms with Crippen molar-refractivity contribution in [3.8, 4) is 5.75 Å². The van der Waals surface area contributed by atoms with Crippen LogP contribution in [0.4, 0.5) is 0 Å². The van der Waals surface area contributed by atoms with Crippen molar-refractivity contribution in [2.75, 3.05) is 6.61 Å². The second-order valence-corrected chi connectivity index (χ2v) is 3.75. The van der Waals surface area contributed by atoms with Crippen molar-refractivity contribution in [2.45, 2.75) is 26.2 Å². The Labute approximate surface area is 96.1 Å². The molecule has 1 N–H and O–H groups in total. The maximum atomic E-state index is 10.8. The van der Waals surface area contributed by atoms with Gasteiger partial charge < -0.3 is 9.84 Å². The molecule has 1 rings (SSSR count). The highest BCUT2D eigenvalue weighted by atomic mass is 16.5. The highest BCUT2D eigenvalue weighted by molar-refractivity contribution is 5.69. The van der Waals surface area contributed by atoms with E-state index in [1.165, 1.54) is 0 Å². The molecule has 3 heteroatoms. The molecule has 16 heavy (non-hydrogen) atoms. The van der Waals surface area contributed by atoms with Gasteiger partial charge in [-0.1, -0.05) is 25.1 Å². The van der Waals surface area contributed by atoms with Gasteiger partial charge in [0.1, 0.15) is 5.75 Å². The average molecular weight is 222 g/mol. The number of carbonyl (C=O) groups is 1. The van der Waals surface area contributed by atoms with E-state index in [2.05, 4.69) is 0 Å². The SMILES string of the molecule is CCC(CCCOc1ccccc1)C(=O)O. The van der Waals surface area contributed by atoms with Gasteiger partial charge in [0, 0.05) is 0 Å². The number of para-hydroxylation sites is 1. The molecule has 0 heterocycles. The first-order valence-electron chi connectivity index (χ1n) is 5.64. The first-order valence-corrected chi connectivity index (χ1v) is 5.64. The average Bonchev–Trinajstić information content (AvgIpc) is 2.30. The van der Waals surface area contributed by atoms with Gasteiger partial charge in [-0.25, -0.2) is 0 Å². The fourth-order valence-corrected chi connectivity index (χ4v) is 1.54. The number of benzene rings is 1. The minimum atomic E-state index is -0.706. The Hall–Kier alpha value is -1.51. The van der Waals surface area contributed by atoms with Crippen LogP contribution in [0.1, 0.15) is 26.2 Å². The molecule has 0 saturated heterocycles. The normalized spacial score (nSPS) is 12.1. The van der Waals surface area contributed by atoms with Crippen LogP contribution >= 0.6 is 0 Å². The maximum Gasteiger partial charge on any atom is 0.306 e. The van der Waals surface area contributed by atoms with Crippen LogP contribution in [-0.4, -0.2) is 17.7 Å². The minimum absolute atomic E-state index is 0.237. The Morgan fingerprint density at radius 3 is 2.62 bits per heavy atom. The van der Waals surface area contributed by atoms with E-state index in [1.807, 2.05) is 37.3 Å². The van der Waals surface area contributed by atoms with Gasteiger partial charge in [0.2, 0.25) is 0 Å². The molecule has 0 aromatic heterocycles. The van der Waals surface area contributed by atoms with Crippen LogP contribution in [0.25, 0.3) is 0 Å².